The summed E-state index contributed by atoms with van der Waals surface area (Å²) >= 11 is 0. The fraction of sp³-hybridized carbons (Fsp3) is 0.630. The fourth-order valence-electron chi connectivity index (χ4n) is 4.29. The molecule has 0 bridgehead atoms. The summed E-state index contributed by atoms with van der Waals surface area (Å²) in [4.78, 5) is 0. The lowest BCUT2D eigenvalue weighted by atomic mass is 9.99. The third-order valence-electron chi connectivity index (χ3n) is 6.23. The van der Waals surface area contributed by atoms with E-state index in [1.165, 1.54) is 87.8 Å². The Balaban J connectivity index is 1.56. The lowest BCUT2D eigenvalue weighted by molar-refractivity contribution is 0.470. The maximum atomic E-state index is 6.20. The minimum atomic E-state index is 0.485. The zero-order chi connectivity index (χ0) is 20.5. The molecule has 0 fully saturated rings. The highest BCUT2D eigenvalue weighted by Crippen LogP contribution is 2.32. The summed E-state index contributed by atoms with van der Waals surface area (Å²) in [6, 6.07) is 8.79. The molecule has 29 heavy (non-hydrogen) atoms. The molecule has 0 saturated heterocycles. The molecule has 0 radical (unpaired) electrons. The van der Waals surface area contributed by atoms with Gasteiger partial charge >= 0.3 is 0 Å². The number of hydrogen-bond donors (Lipinski definition) is 0. The van der Waals surface area contributed by atoms with Crippen LogP contribution in [0, 0.1) is 0 Å². The molecule has 3 aromatic rings. The Hall–Kier alpha value is -1.70. The molecule has 1 aromatic carbocycles. The number of hydrogen-bond acceptors (Lipinski definition) is 2. The fourth-order valence-corrected chi connectivity index (χ4v) is 4.29. The van der Waals surface area contributed by atoms with E-state index in [0.717, 1.165) is 29.1 Å². The van der Waals surface area contributed by atoms with E-state index in [-0.39, 0.29) is 0 Å². The minimum Gasteiger partial charge on any atom is -0.461 e. The molecule has 0 N–H and O–H groups in total. The maximum absolute atomic E-state index is 6.20. The SMILES string of the molecule is CCCCCCCCc1cc2cc3cc(C(C)CCCCCCC)oc3cc2o1. The third kappa shape index (κ3) is 6.39. The molecule has 0 saturated carbocycles. The molecule has 2 heteroatoms. The molecular formula is C27H40O2. The lowest BCUT2D eigenvalue weighted by Gasteiger charge is -2.07. The average molecular weight is 397 g/mol. The standard InChI is InChI=1S/C27H40O2/c1-4-6-8-10-12-14-16-24-18-22-17-23-19-25(29-27(23)20-26(22)28-24)21(3)15-13-11-9-7-5-2/h17-21H,4-16H2,1-3H3. The van der Waals surface area contributed by atoms with Crippen LogP contribution in [0.25, 0.3) is 21.9 Å². The molecule has 0 spiro atoms. The van der Waals surface area contributed by atoms with Crippen molar-refractivity contribution in [1.82, 2.24) is 0 Å². The van der Waals surface area contributed by atoms with Gasteiger partial charge in [-0.3, -0.25) is 0 Å². The van der Waals surface area contributed by atoms with Crippen molar-refractivity contribution in [2.45, 2.75) is 110 Å². The number of furan rings is 2. The molecule has 3 rings (SSSR count). The third-order valence-corrected chi connectivity index (χ3v) is 6.23. The van der Waals surface area contributed by atoms with Gasteiger partial charge in [0.05, 0.1) is 0 Å². The average Bonchev–Trinajstić information content (AvgIpc) is 3.31. The van der Waals surface area contributed by atoms with Crippen LogP contribution in [0.3, 0.4) is 0 Å². The van der Waals surface area contributed by atoms with E-state index < -0.39 is 0 Å². The summed E-state index contributed by atoms with van der Waals surface area (Å²) in [5.41, 5.74) is 1.93. The summed E-state index contributed by atoms with van der Waals surface area (Å²) in [6.45, 7) is 6.83. The Bertz CT molecular complexity index is 803. The van der Waals surface area contributed by atoms with Gasteiger partial charge in [-0.05, 0) is 31.0 Å². The first-order valence-electron chi connectivity index (χ1n) is 12.2. The lowest BCUT2D eigenvalue weighted by Crippen LogP contribution is -1.91. The number of aryl methyl sites for hydroxylation is 1. The first-order valence-corrected chi connectivity index (χ1v) is 12.2. The van der Waals surface area contributed by atoms with E-state index in [2.05, 4.69) is 45.0 Å². The Morgan fingerprint density at radius 3 is 2.03 bits per heavy atom. The van der Waals surface area contributed by atoms with E-state index in [0.29, 0.717) is 5.92 Å². The van der Waals surface area contributed by atoms with Crippen molar-refractivity contribution in [1.29, 1.82) is 0 Å². The van der Waals surface area contributed by atoms with Crippen molar-refractivity contribution in [2.75, 3.05) is 0 Å². The van der Waals surface area contributed by atoms with Crippen LogP contribution in [0.4, 0.5) is 0 Å². The monoisotopic (exact) mass is 396 g/mol. The number of fused-ring (bicyclic) bond motifs is 2. The molecule has 0 amide bonds. The van der Waals surface area contributed by atoms with Crippen LogP contribution in [0.2, 0.25) is 0 Å². The van der Waals surface area contributed by atoms with Crippen molar-refractivity contribution in [3.63, 3.8) is 0 Å². The first kappa shape index (κ1) is 22.0. The zero-order valence-corrected chi connectivity index (χ0v) is 18.9. The molecule has 1 atom stereocenters. The van der Waals surface area contributed by atoms with Crippen LogP contribution in [0.1, 0.15) is 115 Å². The highest BCUT2D eigenvalue weighted by Gasteiger charge is 2.14. The Morgan fingerprint density at radius 2 is 1.28 bits per heavy atom. The van der Waals surface area contributed by atoms with Gasteiger partial charge in [0.1, 0.15) is 22.7 Å². The summed E-state index contributed by atoms with van der Waals surface area (Å²) in [6.07, 6.45) is 16.8. The Labute approximate surface area is 177 Å². The second-order valence-electron chi connectivity index (χ2n) is 8.91. The normalized spacial score (nSPS) is 12.9. The van der Waals surface area contributed by atoms with E-state index in [1.807, 2.05) is 0 Å². The molecule has 160 valence electrons. The second kappa shape index (κ2) is 11.5. The van der Waals surface area contributed by atoms with Crippen molar-refractivity contribution in [2.24, 2.45) is 0 Å². The summed E-state index contributed by atoms with van der Waals surface area (Å²) in [7, 11) is 0. The van der Waals surface area contributed by atoms with Gasteiger partial charge in [-0.25, -0.2) is 0 Å². The van der Waals surface area contributed by atoms with Gasteiger partial charge in [0, 0.05) is 29.2 Å². The Kier molecular flexibility index (Phi) is 8.70. The summed E-state index contributed by atoms with van der Waals surface area (Å²) < 4.78 is 12.3. The number of benzene rings is 1. The summed E-state index contributed by atoms with van der Waals surface area (Å²) in [5, 5.41) is 2.41. The van der Waals surface area contributed by atoms with Crippen molar-refractivity contribution in [3.05, 3.63) is 35.8 Å². The van der Waals surface area contributed by atoms with Crippen LogP contribution in [0.15, 0.2) is 33.1 Å². The van der Waals surface area contributed by atoms with Crippen molar-refractivity contribution < 1.29 is 8.83 Å². The highest BCUT2D eigenvalue weighted by molar-refractivity contribution is 5.93. The van der Waals surface area contributed by atoms with Crippen LogP contribution >= 0.6 is 0 Å². The van der Waals surface area contributed by atoms with Crippen molar-refractivity contribution >= 4 is 21.9 Å². The van der Waals surface area contributed by atoms with Crippen LogP contribution in [0.5, 0.6) is 0 Å². The molecule has 1 unspecified atom stereocenters. The van der Waals surface area contributed by atoms with Gasteiger partial charge in [-0.15, -0.1) is 0 Å². The van der Waals surface area contributed by atoms with E-state index in [1.54, 1.807) is 0 Å². The smallest absolute Gasteiger partial charge is 0.138 e. The molecule has 0 aliphatic heterocycles. The first-order chi connectivity index (χ1) is 14.2. The minimum absolute atomic E-state index is 0.485. The van der Waals surface area contributed by atoms with Crippen molar-refractivity contribution in [3.8, 4) is 0 Å². The maximum Gasteiger partial charge on any atom is 0.138 e. The number of unbranched alkanes of at least 4 members (excludes halogenated alkanes) is 9. The Morgan fingerprint density at radius 1 is 0.655 bits per heavy atom. The molecule has 0 aliphatic rings. The van der Waals surface area contributed by atoms with Gasteiger partial charge < -0.3 is 8.83 Å². The largest absolute Gasteiger partial charge is 0.461 e. The molecule has 0 aliphatic carbocycles. The summed E-state index contributed by atoms with van der Waals surface area (Å²) in [5.74, 6) is 2.72. The quantitative estimate of drug-likeness (QED) is 0.253. The van der Waals surface area contributed by atoms with Gasteiger partial charge in [0.25, 0.3) is 0 Å². The predicted octanol–water partition coefficient (Wildman–Crippen LogP) is 9.55. The van der Waals surface area contributed by atoms with Gasteiger partial charge in [-0.1, -0.05) is 85.0 Å². The van der Waals surface area contributed by atoms with Crippen LogP contribution < -0.4 is 0 Å². The molecule has 2 heterocycles. The second-order valence-corrected chi connectivity index (χ2v) is 8.91. The molecule has 2 aromatic heterocycles. The van der Waals surface area contributed by atoms with Gasteiger partial charge in [0.2, 0.25) is 0 Å². The topological polar surface area (TPSA) is 26.3 Å². The number of rotatable bonds is 14. The van der Waals surface area contributed by atoms with E-state index in [9.17, 15) is 0 Å². The van der Waals surface area contributed by atoms with E-state index in [4.69, 9.17) is 8.83 Å². The van der Waals surface area contributed by atoms with E-state index >= 15 is 0 Å². The van der Waals surface area contributed by atoms with Gasteiger partial charge in [0.15, 0.2) is 0 Å². The molecule has 2 nitrogen and oxygen atoms in total. The highest BCUT2D eigenvalue weighted by atomic mass is 16.3. The zero-order valence-electron chi connectivity index (χ0n) is 18.9. The van der Waals surface area contributed by atoms with Crippen LogP contribution in [-0.2, 0) is 6.42 Å². The van der Waals surface area contributed by atoms with Gasteiger partial charge in [-0.2, -0.15) is 0 Å². The molecular weight excluding hydrogens is 356 g/mol. The van der Waals surface area contributed by atoms with Crippen LogP contribution in [-0.4, -0.2) is 0 Å². The predicted molar refractivity (Wildman–Crippen MR) is 125 cm³/mol.